The summed E-state index contributed by atoms with van der Waals surface area (Å²) >= 11 is 0. The summed E-state index contributed by atoms with van der Waals surface area (Å²) in [5, 5.41) is 9.68. The highest BCUT2D eigenvalue weighted by Crippen LogP contribution is 2.34. The van der Waals surface area contributed by atoms with Crippen LogP contribution in [0, 0.1) is 11.8 Å². The fourth-order valence-corrected chi connectivity index (χ4v) is 3.42. The summed E-state index contributed by atoms with van der Waals surface area (Å²) in [6, 6.07) is -0.305. The number of hydrogen-bond donors (Lipinski definition) is 1. The molecule has 2 saturated carbocycles. The number of carboxylic acid groups (broad SMARTS) is 1. The molecule has 0 radical (unpaired) electrons. The Morgan fingerprint density at radius 2 is 1.65 bits per heavy atom. The first-order valence-electron chi connectivity index (χ1n) is 10.2. The molecule has 2 aliphatic rings. The van der Waals surface area contributed by atoms with Crippen LogP contribution in [0.15, 0.2) is 0 Å². The lowest BCUT2D eigenvalue weighted by molar-refractivity contribution is 0.0248. The number of carbonyl (C=O) groups is 2. The lowest BCUT2D eigenvalue weighted by Crippen LogP contribution is -2.53. The average Bonchev–Trinajstić information content (AvgIpc) is 3.42. The summed E-state index contributed by atoms with van der Waals surface area (Å²) in [5.74, 6) is 1.25. The van der Waals surface area contributed by atoms with Crippen molar-refractivity contribution >= 4 is 12.2 Å². The molecule has 26 heavy (non-hydrogen) atoms. The Bertz CT molecular complexity index is 467. The second-order valence-electron chi connectivity index (χ2n) is 8.99. The minimum Gasteiger partial charge on any atom is -0.465 e. The van der Waals surface area contributed by atoms with Gasteiger partial charge in [-0.3, -0.25) is 4.90 Å². The van der Waals surface area contributed by atoms with Crippen LogP contribution in [0.5, 0.6) is 0 Å². The van der Waals surface area contributed by atoms with E-state index in [9.17, 15) is 14.7 Å². The van der Waals surface area contributed by atoms with Gasteiger partial charge in [-0.25, -0.2) is 9.59 Å². The van der Waals surface area contributed by atoms with Gasteiger partial charge in [-0.05, 0) is 64.7 Å². The number of ether oxygens (including phenoxy) is 1. The van der Waals surface area contributed by atoms with E-state index < -0.39 is 11.6 Å². The maximum Gasteiger partial charge on any atom is 0.409 e. The van der Waals surface area contributed by atoms with E-state index in [2.05, 4.69) is 6.92 Å². The first-order valence-corrected chi connectivity index (χ1v) is 10.2. The van der Waals surface area contributed by atoms with Crippen LogP contribution in [0.4, 0.5) is 9.59 Å². The fourth-order valence-electron chi connectivity index (χ4n) is 3.42. The predicted octanol–water partition coefficient (Wildman–Crippen LogP) is 4.58. The van der Waals surface area contributed by atoms with Gasteiger partial charge in [0.15, 0.2) is 0 Å². The van der Waals surface area contributed by atoms with Crippen molar-refractivity contribution in [2.75, 3.05) is 19.7 Å². The molecule has 1 unspecified atom stereocenters. The zero-order valence-corrected chi connectivity index (χ0v) is 16.9. The van der Waals surface area contributed by atoms with E-state index in [1.54, 1.807) is 0 Å². The topological polar surface area (TPSA) is 70.1 Å². The minimum atomic E-state index is -0.956. The molecule has 0 aromatic rings. The van der Waals surface area contributed by atoms with Crippen LogP contribution in [0.25, 0.3) is 0 Å². The summed E-state index contributed by atoms with van der Waals surface area (Å²) in [7, 11) is 0. The van der Waals surface area contributed by atoms with Gasteiger partial charge in [0.1, 0.15) is 6.61 Å². The molecule has 0 heterocycles. The minimum absolute atomic E-state index is 0.133. The molecule has 2 amide bonds. The predicted molar refractivity (Wildman–Crippen MR) is 101 cm³/mol. The third-order valence-electron chi connectivity index (χ3n) is 5.19. The molecule has 2 rings (SSSR count). The second-order valence-corrected chi connectivity index (χ2v) is 8.99. The van der Waals surface area contributed by atoms with Gasteiger partial charge in [0.2, 0.25) is 0 Å². The SMILES string of the molecule is CCCCC(COC(=O)N(CC1CC1)CC1CC1)N(C(=O)O)C(C)(C)C. The van der Waals surface area contributed by atoms with Crippen molar-refractivity contribution in [3.63, 3.8) is 0 Å². The summed E-state index contributed by atoms with van der Waals surface area (Å²) in [6.45, 7) is 9.44. The highest BCUT2D eigenvalue weighted by atomic mass is 16.6. The Kier molecular flexibility index (Phi) is 7.18. The summed E-state index contributed by atoms with van der Waals surface area (Å²) < 4.78 is 5.63. The fraction of sp³-hybridized carbons (Fsp3) is 0.900. The number of rotatable bonds is 10. The summed E-state index contributed by atoms with van der Waals surface area (Å²) in [5.41, 5.74) is -0.529. The highest BCUT2D eigenvalue weighted by molar-refractivity contribution is 5.68. The molecular weight excluding hydrogens is 332 g/mol. The van der Waals surface area contributed by atoms with E-state index in [-0.39, 0.29) is 18.7 Å². The van der Waals surface area contributed by atoms with Crippen molar-refractivity contribution in [3.05, 3.63) is 0 Å². The number of amides is 2. The molecule has 0 bridgehead atoms. The van der Waals surface area contributed by atoms with Crippen LogP contribution in [0.3, 0.4) is 0 Å². The van der Waals surface area contributed by atoms with Gasteiger partial charge in [0, 0.05) is 18.6 Å². The quantitative estimate of drug-likeness (QED) is 0.612. The third kappa shape index (κ3) is 6.69. The van der Waals surface area contributed by atoms with Crippen molar-refractivity contribution < 1.29 is 19.4 Å². The van der Waals surface area contributed by atoms with Crippen molar-refractivity contribution in [1.29, 1.82) is 0 Å². The van der Waals surface area contributed by atoms with Crippen LogP contribution in [0.2, 0.25) is 0 Å². The first-order chi connectivity index (χ1) is 12.2. The summed E-state index contributed by atoms with van der Waals surface area (Å²) in [6.07, 6.45) is 6.17. The number of hydrogen-bond acceptors (Lipinski definition) is 3. The van der Waals surface area contributed by atoms with Crippen LogP contribution >= 0.6 is 0 Å². The number of unbranched alkanes of at least 4 members (excludes halogenated alkanes) is 1. The van der Waals surface area contributed by atoms with E-state index >= 15 is 0 Å². The van der Waals surface area contributed by atoms with Crippen molar-refractivity contribution in [1.82, 2.24) is 9.80 Å². The largest absolute Gasteiger partial charge is 0.465 e. The van der Waals surface area contributed by atoms with Crippen molar-refractivity contribution in [3.8, 4) is 0 Å². The molecule has 1 N–H and O–H groups in total. The Hall–Kier alpha value is -1.46. The molecule has 1 atom stereocenters. The van der Waals surface area contributed by atoms with E-state index in [4.69, 9.17) is 4.74 Å². The average molecular weight is 369 g/mol. The van der Waals surface area contributed by atoms with Crippen LogP contribution in [0.1, 0.15) is 72.6 Å². The van der Waals surface area contributed by atoms with E-state index in [0.717, 1.165) is 25.9 Å². The standard InChI is InChI=1S/C20H36N2O4/c1-5-6-7-17(22(18(23)24)20(2,3)4)14-26-19(25)21(12-15-8-9-15)13-16-10-11-16/h15-17H,5-14H2,1-4H3,(H,23,24). The smallest absolute Gasteiger partial charge is 0.409 e. The molecule has 0 aromatic carbocycles. The zero-order valence-electron chi connectivity index (χ0n) is 16.9. The normalized spacial score (nSPS) is 18.3. The van der Waals surface area contributed by atoms with E-state index in [0.29, 0.717) is 18.3 Å². The first kappa shape index (κ1) is 20.8. The molecular formula is C20H36N2O4. The molecule has 0 aliphatic heterocycles. The second kappa shape index (κ2) is 8.96. The molecule has 6 heteroatoms. The zero-order chi connectivity index (χ0) is 19.3. The van der Waals surface area contributed by atoms with E-state index in [1.165, 1.54) is 30.6 Å². The molecule has 0 spiro atoms. The third-order valence-corrected chi connectivity index (χ3v) is 5.19. The molecule has 150 valence electrons. The highest BCUT2D eigenvalue weighted by Gasteiger charge is 2.35. The Morgan fingerprint density at radius 1 is 1.12 bits per heavy atom. The lowest BCUT2D eigenvalue weighted by atomic mass is 10.0. The van der Waals surface area contributed by atoms with Crippen molar-refractivity contribution in [2.24, 2.45) is 11.8 Å². The van der Waals surface area contributed by atoms with Crippen LogP contribution < -0.4 is 0 Å². The van der Waals surface area contributed by atoms with Gasteiger partial charge < -0.3 is 14.7 Å². The molecule has 2 aliphatic carbocycles. The van der Waals surface area contributed by atoms with Gasteiger partial charge in [-0.15, -0.1) is 0 Å². The Balaban J connectivity index is 1.96. The van der Waals surface area contributed by atoms with Gasteiger partial charge in [0.05, 0.1) is 6.04 Å². The van der Waals surface area contributed by atoms with E-state index in [1.807, 2.05) is 25.7 Å². The van der Waals surface area contributed by atoms with Gasteiger partial charge >= 0.3 is 12.2 Å². The Morgan fingerprint density at radius 3 is 2.04 bits per heavy atom. The van der Waals surface area contributed by atoms with Crippen molar-refractivity contribution in [2.45, 2.75) is 84.2 Å². The maximum absolute atomic E-state index is 12.6. The molecule has 0 saturated heterocycles. The van der Waals surface area contributed by atoms with Gasteiger partial charge in [-0.2, -0.15) is 0 Å². The monoisotopic (exact) mass is 368 g/mol. The number of nitrogens with zero attached hydrogens (tertiary/aromatic N) is 2. The maximum atomic E-state index is 12.6. The lowest BCUT2D eigenvalue weighted by Gasteiger charge is -2.39. The van der Waals surface area contributed by atoms with Gasteiger partial charge in [0.25, 0.3) is 0 Å². The van der Waals surface area contributed by atoms with Crippen LogP contribution in [-0.4, -0.2) is 58.4 Å². The summed E-state index contributed by atoms with van der Waals surface area (Å²) in [4.78, 5) is 27.7. The van der Waals surface area contributed by atoms with Crippen LogP contribution in [-0.2, 0) is 4.74 Å². The Labute approximate surface area is 157 Å². The molecule has 2 fully saturated rings. The van der Waals surface area contributed by atoms with Gasteiger partial charge in [-0.1, -0.05) is 19.8 Å². The number of carbonyl (C=O) groups excluding carboxylic acids is 1. The molecule has 6 nitrogen and oxygen atoms in total. The molecule has 0 aromatic heterocycles.